The first-order chi connectivity index (χ1) is 14.3. The van der Waals surface area contributed by atoms with Crippen molar-refractivity contribution in [1.82, 2.24) is 25.1 Å². The fourth-order valence-electron chi connectivity index (χ4n) is 2.69. The molecule has 0 bridgehead atoms. The monoisotopic (exact) mass is 405 g/mol. The highest BCUT2D eigenvalue weighted by Gasteiger charge is 2.08. The lowest BCUT2D eigenvalue weighted by Gasteiger charge is -2.06. The van der Waals surface area contributed by atoms with Gasteiger partial charge in [0.15, 0.2) is 0 Å². The van der Waals surface area contributed by atoms with Crippen LogP contribution in [0.2, 0.25) is 0 Å². The van der Waals surface area contributed by atoms with E-state index in [2.05, 4.69) is 20.4 Å². The summed E-state index contributed by atoms with van der Waals surface area (Å²) in [6, 6.07) is 17.6. The zero-order valence-corrected chi connectivity index (χ0v) is 16.4. The van der Waals surface area contributed by atoms with Gasteiger partial charge in [-0.1, -0.05) is 30.3 Å². The van der Waals surface area contributed by atoms with Gasteiger partial charge in [0.2, 0.25) is 11.8 Å². The molecule has 146 valence electrons. The average Bonchev–Trinajstić information content (AvgIpc) is 3.46. The van der Waals surface area contributed by atoms with Gasteiger partial charge in [0.25, 0.3) is 0 Å². The summed E-state index contributed by atoms with van der Waals surface area (Å²) in [5.41, 5.74) is 3.72. The van der Waals surface area contributed by atoms with Crippen LogP contribution in [0, 0.1) is 0 Å². The maximum Gasteiger partial charge on any atom is 0.230 e. The van der Waals surface area contributed by atoms with Crippen molar-refractivity contribution in [2.24, 2.45) is 0 Å². The minimum atomic E-state index is -0.0119. The third-order valence-corrected chi connectivity index (χ3v) is 5.13. The minimum Gasteiger partial charge on any atom is -0.444 e. The van der Waals surface area contributed by atoms with Crippen molar-refractivity contribution in [2.45, 2.75) is 12.3 Å². The van der Waals surface area contributed by atoms with E-state index in [9.17, 15) is 4.79 Å². The van der Waals surface area contributed by atoms with E-state index in [1.807, 2.05) is 54.6 Å². The molecule has 1 amide bonds. The first-order valence-electron chi connectivity index (χ1n) is 9.06. The van der Waals surface area contributed by atoms with Gasteiger partial charge < -0.3 is 9.73 Å². The number of thioether (sulfide) groups is 1. The summed E-state index contributed by atoms with van der Waals surface area (Å²) in [6.45, 7) is 0.485. The van der Waals surface area contributed by atoms with Crippen LogP contribution >= 0.6 is 11.8 Å². The van der Waals surface area contributed by atoms with E-state index in [-0.39, 0.29) is 5.91 Å². The molecule has 4 aromatic rings. The van der Waals surface area contributed by atoms with Crippen LogP contribution in [-0.2, 0) is 17.1 Å². The lowest BCUT2D eigenvalue weighted by atomic mass is 10.2. The SMILES string of the molecule is O=C(CSCc1coc(-c2ccccc2)n1)NCc1ccc(-n2cncn2)cc1. The molecule has 2 heterocycles. The second-order valence-electron chi connectivity index (χ2n) is 6.29. The minimum absolute atomic E-state index is 0.0119. The maximum absolute atomic E-state index is 12.1. The third kappa shape index (κ3) is 5.11. The van der Waals surface area contributed by atoms with Crippen LogP contribution in [0.4, 0.5) is 0 Å². The van der Waals surface area contributed by atoms with E-state index in [0.717, 1.165) is 22.5 Å². The molecule has 0 unspecified atom stereocenters. The quantitative estimate of drug-likeness (QED) is 0.483. The van der Waals surface area contributed by atoms with Crippen molar-refractivity contribution >= 4 is 17.7 Å². The number of carbonyl (C=O) groups excluding carboxylic acids is 1. The Balaban J connectivity index is 1.20. The van der Waals surface area contributed by atoms with E-state index in [1.54, 1.807) is 17.3 Å². The lowest BCUT2D eigenvalue weighted by molar-refractivity contribution is -0.118. The van der Waals surface area contributed by atoms with Gasteiger partial charge in [-0.2, -0.15) is 5.10 Å². The van der Waals surface area contributed by atoms with Crippen LogP contribution < -0.4 is 5.32 Å². The molecule has 0 atom stereocenters. The Morgan fingerprint density at radius 2 is 1.93 bits per heavy atom. The van der Waals surface area contributed by atoms with Crippen molar-refractivity contribution in [3.63, 3.8) is 0 Å². The van der Waals surface area contributed by atoms with Gasteiger partial charge in [-0.15, -0.1) is 11.8 Å². The number of aromatic nitrogens is 4. The Morgan fingerprint density at radius 3 is 2.69 bits per heavy atom. The van der Waals surface area contributed by atoms with Crippen LogP contribution in [-0.4, -0.2) is 31.4 Å². The molecule has 8 heteroatoms. The molecule has 29 heavy (non-hydrogen) atoms. The zero-order chi connectivity index (χ0) is 19.9. The molecule has 0 aliphatic rings. The molecular weight excluding hydrogens is 386 g/mol. The van der Waals surface area contributed by atoms with Crippen molar-refractivity contribution in [1.29, 1.82) is 0 Å². The normalized spacial score (nSPS) is 10.8. The van der Waals surface area contributed by atoms with Gasteiger partial charge in [-0.3, -0.25) is 4.79 Å². The van der Waals surface area contributed by atoms with Crippen molar-refractivity contribution in [2.75, 3.05) is 5.75 Å². The molecule has 2 aromatic heterocycles. The number of nitrogens with zero attached hydrogens (tertiary/aromatic N) is 4. The second-order valence-corrected chi connectivity index (χ2v) is 7.27. The molecule has 0 aliphatic heterocycles. The van der Waals surface area contributed by atoms with E-state index in [0.29, 0.717) is 23.9 Å². The number of oxazole rings is 1. The van der Waals surface area contributed by atoms with Crippen LogP contribution in [0.15, 0.2) is 77.9 Å². The molecular formula is C21H19N5O2S. The number of nitrogens with one attached hydrogen (secondary N) is 1. The second kappa shape index (κ2) is 9.20. The van der Waals surface area contributed by atoms with Gasteiger partial charge >= 0.3 is 0 Å². The Hall–Kier alpha value is -3.39. The van der Waals surface area contributed by atoms with Crippen molar-refractivity contribution < 1.29 is 9.21 Å². The largest absolute Gasteiger partial charge is 0.444 e. The fraction of sp³-hybridized carbons (Fsp3) is 0.143. The average molecular weight is 405 g/mol. The van der Waals surface area contributed by atoms with Gasteiger partial charge in [-0.05, 0) is 29.8 Å². The summed E-state index contributed by atoms with van der Waals surface area (Å²) in [7, 11) is 0. The lowest BCUT2D eigenvalue weighted by Crippen LogP contribution is -2.24. The molecule has 0 radical (unpaired) electrons. The summed E-state index contributed by atoms with van der Waals surface area (Å²) >= 11 is 1.51. The highest BCUT2D eigenvalue weighted by Crippen LogP contribution is 2.20. The highest BCUT2D eigenvalue weighted by molar-refractivity contribution is 7.99. The molecule has 7 nitrogen and oxygen atoms in total. The number of amides is 1. The van der Waals surface area contributed by atoms with Crippen LogP contribution in [0.5, 0.6) is 0 Å². The Labute approximate surface area is 172 Å². The fourth-order valence-corrected chi connectivity index (χ4v) is 3.43. The molecule has 0 aliphatic carbocycles. The Morgan fingerprint density at radius 1 is 1.10 bits per heavy atom. The standard InChI is InChI=1S/C21H19N5O2S/c27-20(23-10-16-6-8-19(9-7-16)26-15-22-14-24-26)13-29-12-18-11-28-21(25-18)17-4-2-1-3-5-17/h1-9,11,14-15H,10,12-13H2,(H,23,27). The first-order valence-corrected chi connectivity index (χ1v) is 10.2. The number of hydrogen-bond acceptors (Lipinski definition) is 6. The zero-order valence-electron chi connectivity index (χ0n) is 15.6. The number of carbonyl (C=O) groups is 1. The number of hydrogen-bond donors (Lipinski definition) is 1. The van der Waals surface area contributed by atoms with Gasteiger partial charge in [0, 0.05) is 17.9 Å². The number of benzene rings is 2. The van der Waals surface area contributed by atoms with Crippen LogP contribution in [0.25, 0.3) is 17.1 Å². The molecule has 0 spiro atoms. The summed E-state index contributed by atoms with van der Waals surface area (Å²) in [5, 5.41) is 7.02. The summed E-state index contributed by atoms with van der Waals surface area (Å²) in [6.07, 6.45) is 4.78. The van der Waals surface area contributed by atoms with Crippen molar-refractivity contribution in [3.05, 3.63) is 84.8 Å². The van der Waals surface area contributed by atoms with Crippen LogP contribution in [0.1, 0.15) is 11.3 Å². The number of rotatable bonds is 8. The Kier molecular flexibility index (Phi) is 6.01. The molecule has 0 saturated carbocycles. The van der Waals surface area contributed by atoms with Crippen LogP contribution in [0.3, 0.4) is 0 Å². The molecule has 4 rings (SSSR count). The smallest absolute Gasteiger partial charge is 0.230 e. The molecule has 0 saturated heterocycles. The topological polar surface area (TPSA) is 85.8 Å². The van der Waals surface area contributed by atoms with Gasteiger partial charge in [0.1, 0.15) is 18.9 Å². The summed E-state index contributed by atoms with van der Waals surface area (Å²) < 4.78 is 7.20. The van der Waals surface area contributed by atoms with E-state index < -0.39 is 0 Å². The summed E-state index contributed by atoms with van der Waals surface area (Å²) in [4.78, 5) is 20.5. The predicted molar refractivity (Wildman–Crippen MR) is 111 cm³/mol. The van der Waals surface area contributed by atoms with E-state index in [4.69, 9.17) is 4.42 Å². The molecule has 2 aromatic carbocycles. The predicted octanol–water partition coefficient (Wildman–Crippen LogP) is 3.47. The van der Waals surface area contributed by atoms with Gasteiger partial charge in [0.05, 0.1) is 17.1 Å². The van der Waals surface area contributed by atoms with E-state index in [1.165, 1.54) is 18.1 Å². The first kappa shape index (κ1) is 18.9. The van der Waals surface area contributed by atoms with E-state index >= 15 is 0 Å². The maximum atomic E-state index is 12.1. The highest BCUT2D eigenvalue weighted by atomic mass is 32.2. The Bertz CT molecular complexity index is 1050. The third-order valence-electron chi connectivity index (χ3n) is 4.16. The molecule has 1 N–H and O–H groups in total. The van der Waals surface area contributed by atoms with Gasteiger partial charge in [-0.25, -0.2) is 14.6 Å². The molecule has 0 fully saturated rings. The van der Waals surface area contributed by atoms with Crippen molar-refractivity contribution in [3.8, 4) is 17.1 Å². The summed E-state index contributed by atoms with van der Waals surface area (Å²) in [5.74, 6) is 1.57.